The van der Waals surface area contributed by atoms with Crippen molar-refractivity contribution in [2.24, 2.45) is 0 Å². The van der Waals surface area contributed by atoms with Crippen molar-refractivity contribution in [2.75, 3.05) is 6.61 Å². The van der Waals surface area contributed by atoms with Crippen LogP contribution in [0.25, 0.3) is 0 Å². The lowest BCUT2D eigenvalue weighted by atomic mass is 10.0. The highest BCUT2D eigenvalue weighted by Crippen LogP contribution is 2.18. The van der Waals surface area contributed by atoms with Crippen LogP contribution in [-0.4, -0.2) is 28.9 Å². The van der Waals surface area contributed by atoms with Crippen LogP contribution in [0.15, 0.2) is 22.8 Å². The number of aliphatic hydroxyl groups is 1. The Hall–Kier alpha value is -0.450. The van der Waals surface area contributed by atoms with Gasteiger partial charge < -0.3 is 9.84 Å². The van der Waals surface area contributed by atoms with E-state index in [4.69, 9.17) is 4.74 Å². The fourth-order valence-corrected chi connectivity index (χ4v) is 2.18. The maximum Gasteiger partial charge on any atom is 0.0857 e. The van der Waals surface area contributed by atoms with E-state index < -0.39 is 6.10 Å². The molecule has 16 heavy (non-hydrogen) atoms. The molecule has 2 rings (SSSR count). The smallest absolute Gasteiger partial charge is 0.0857 e. The zero-order valence-corrected chi connectivity index (χ0v) is 10.7. The number of ether oxygens (including phenoxy) is 1. The monoisotopic (exact) mass is 285 g/mol. The van der Waals surface area contributed by atoms with Crippen LogP contribution in [-0.2, 0) is 11.2 Å². The number of aromatic nitrogens is 1. The Morgan fingerprint density at radius 1 is 1.50 bits per heavy atom. The van der Waals surface area contributed by atoms with Gasteiger partial charge in [0.25, 0.3) is 0 Å². The molecule has 1 aromatic rings. The van der Waals surface area contributed by atoms with Crippen molar-refractivity contribution in [2.45, 2.75) is 37.9 Å². The van der Waals surface area contributed by atoms with Gasteiger partial charge in [0.1, 0.15) is 0 Å². The minimum atomic E-state index is -0.436. The summed E-state index contributed by atoms with van der Waals surface area (Å²) in [5, 5.41) is 10.0. The third-order valence-electron chi connectivity index (χ3n) is 2.85. The van der Waals surface area contributed by atoms with Gasteiger partial charge in [-0.05, 0) is 47.3 Å². The maximum absolute atomic E-state index is 10.0. The Labute approximate surface area is 104 Å². The Morgan fingerprint density at radius 3 is 3.00 bits per heavy atom. The van der Waals surface area contributed by atoms with Crippen molar-refractivity contribution in [3.05, 3.63) is 28.5 Å². The second-order valence-corrected chi connectivity index (χ2v) is 5.06. The van der Waals surface area contributed by atoms with E-state index in [9.17, 15) is 5.11 Å². The summed E-state index contributed by atoms with van der Waals surface area (Å²) in [5.41, 5.74) is 0.907. The third-order valence-corrected chi connectivity index (χ3v) is 3.32. The molecule has 1 fully saturated rings. The number of hydrogen-bond acceptors (Lipinski definition) is 3. The van der Waals surface area contributed by atoms with Crippen LogP contribution in [0.4, 0.5) is 0 Å². The molecule has 0 saturated carbocycles. The molecule has 4 heteroatoms. The molecular weight excluding hydrogens is 270 g/mol. The van der Waals surface area contributed by atoms with Gasteiger partial charge in [0, 0.05) is 29.4 Å². The molecule has 3 nitrogen and oxygen atoms in total. The largest absolute Gasteiger partial charge is 0.390 e. The highest BCUT2D eigenvalue weighted by molar-refractivity contribution is 9.10. The first kappa shape index (κ1) is 12.0. The molecule has 0 bridgehead atoms. The molecule has 2 unspecified atom stereocenters. The Balaban J connectivity index is 1.90. The number of nitrogens with zero attached hydrogens (tertiary/aromatic N) is 1. The SMILES string of the molecule is OC(Cc1ccc(Br)cn1)C1CCCCO1. The van der Waals surface area contributed by atoms with Crippen LogP contribution < -0.4 is 0 Å². The fraction of sp³-hybridized carbons (Fsp3) is 0.583. The van der Waals surface area contributed by atoms with Gasteiger partial charge in [0.2, 0.25) is 0 Å². The average Bonchev–Trinajstić information content (AvgIpc) is 2.33. The molecule has 0 aliphatic carbocycles. The van der Waals surface area contributed by atoms with Gasteiger partial charge in [-0.15, -0.1) is 0 Å². The molecule has 1 N–H and O–H groups in total. The first-order chi connectivity index (χ1) is 7.75. The highest BCUT2D eigenvalue weighted by Gasteiger charge is 2.22. The van der Waals surface area contributed by atoms with Gasteiger partial charge in [-0.25, -0.2) is 0 Å². The lowest BCUT2D eigenvalue weighted by Crippen LogP contribution is -2.33. The van der Waals surface area contributed by atoms with E-state index in [2.05, 4.69) is 20.9 Å². The number of hydrogen-bond donors (Lipinski definition) is 1. The van der Waals surface area contributed by atoms with E-state index in [1.807, 2.05) is 12.1 Å². The summed E-state index contributed by atoms with van der Waals surface area (Å²) in [4.78, 5) is 4.25. The number of aliphatic hydroxyl groups excluding tert-OH is 1. The van der Waals surface area contributed by atoms with Crippen LogP contribution in [0.1, 0.15) is 25.0 Å². The Bertz CT molecular complexity index is 322. The number of rotatable bonds is 3. The van der Waals surface area contributed by atoms with Gasteiger partial charge in [0.05, 0.1) is 12.2 Å². The molecule has 88 valence electrons. The summed E-state index contributed by atoms with van der Waals surface area (Å²) < 4.78 is 6.51. The number of halogens is 1. The van der Waals surface area contributed by atoms with E-state index in [1.54, 1.807) is 6.20 Å². The summed E-state index contributed by atoms with van der Waals surface area (Å²) in [6, 6.07) is 3.87. The fourth-order valence-electron chi connectivity index (χ4n) is 1.94. The molecule has 1 aromatic heterocycles. The predicted octanol–water partition coefficient (Wildman–Crippen LogP) is 2.32. The highest BCUT2D eigenvalue weighted by atomic mass is 79.9. The van der Waals surface area contributed by atoms with Gasteiger partial charge in [-0.2, -0.15) is 0 Å². The zero-order chi connectivity index (χ0) is 11.4. The van der Waals surface area contributed by atoms with E-state index in [0.717, 1.165) is 36.0 Å². The van der Waals surface area contributed by atoms with Gasteiger partial charge >= 0.3 is 0 Å². The van der Waals surface area contributed by atoms with E-state index in [0.29, 0.717) is 6.42 Å². The van der Waals surface area contributed by atoms with Crippen molar-refractivity contribution in [1.29, 1.82) is 0 Å². The van der Waals surface area contributed by atoms with E-state index >= 15 is 0 Å². The Kier molecular flexibility index (Phi) is 4.32. The molecule has 0 aromatic carbocycles. The minimum absolute atomic E-state index is 0.0146. The molecule has 1 aliphatic rings. The van der Waals surface area contributed by atoms with Gasteiger partial charge in [-0.1, -0.05) is 0 Å². The minimum Gasteiger partial charge on any atom is -0.390 e. The number of pyridine rings is 1. The quantitative estimate of drug-likeness (QED) is 0.927. The van der Waals surface area contributed by atoms with Crippen molar-refractivity contribution < 1.29 is 9.84 Å². The molecule has 0 amide bonds. The lowest BCUT2D eigenvalue weighted by molar-refractivity contribution is -0.0614. The zero-order valence-electron chi connectivity index (χ0n) is 9.10. The summed E-state index contributed by atoms with van der Waals surface area (Å²) in [7, 11) is 0. The maximum atomic E-state index is 10.0. The molecule has 0 spiro atoms. The lowest BCUT2D eigenvalue weighted by Gasteiger charge is -2.26. The van der Waals surface area contributed by atoms with Gasteiger partial charge in [0.15, 0.2) is 0 Å². The standard InChI is InChI=1S/C12H16BrNO2/c13-9-4-5-10(14-8-9)7-11(15)12-3-1-2-6-16-12/h4-5,8,11-12,15H,1-3,6-7H2. The molecule has 1 saturated heterocycles. The normalized spacial score (nSPS) is 23.0. The topological polar surface area (TPSA) is 42.4 Å². The first-order valence-corrected chi connectivity index (χ1v) is 6.45. The van der Waals surface area contributed by atoms with E-state index in [-0.39, 0.29) is 6.10 Å². The van der Waals surface area contributed by atoms with E-state index in [1.165, 1.54) is 0 Å². The average molecular weight is 286 g/mol. The van der Waals surface area contributed by atoms with Crippen molar-refractivity contribution >= 4 is 15.9 Å². The van der Waals surface area contributed by atoms with Crippen molar-refractivity contribution in [3.63, 3.8) is 0 Å². The second kappa shape index (κ2) is 5.75. The van der Waals surface area contributed by atoms with Gasteiger partial charge in [-0.3, -0.25) is 4.98 Å². The summed E-state index contributed by atoms with van der Waals surface area (Å²) in [6.45, 7) is 0.773. The molecule has 0 radical (unpaired) electrons. The molecule has 2 atom stereocenters. The molecule has 1 aliphatic heterocycles. The van der Waals surface area contributed by atoms with Crippen LogP contribution >= 0.6 is 15.9 Å². The molecule has 2 heterocycles. The van der Waals surface area contributed by atoms with Crippen molar-refractivity contribution in [3.8, 4) is 0 Å². The predicted molar refractivity (Wildman–Crippen MR) is 65.2 cm³/mol. The molecular formula is C12H16BrNO2. The van der Waals surface area contributed by atoms with Crippen LogP contribution in [0.5, 0.6) is 0 Å². The van der Waals surface area contributed by atoms with Crippen LogP contribution in [0.3, 0.4) is 0 Å². The summed E-state index contributed by atoms with van der Waals surface area (Å²) >= 11 is 3.34. The van der Waals surface area contributed by atoms with Crippen LogP contribution in [0, 0.1) is 0 Å². The van der Waals surface area contributed by atoms with Crippen molar-refractivity contribution in [1.82, 2.24) is 4.98 Å². The summed E-state index contributed by atoms with van der Waals surface area (Å²) in [6.07, 6.45) is 5.09. The Morgan fingerprint density at radius 2 is 2.38 bits per heavy atom. The second-order valence-electron chi connectivity index (χ2n) is 4.14. The summed E-state index contributed by atoms with van der Waals surface area (Å²) in [5.74, 6) is 0. The first-order valence-electron chi connectivity index (χ1n) is 5.66. The third kappa shape index (κ3) is 3.27. The van der Waals surface area contributed by atoms with Crippen LogP contribution in [0.2, 0.25) is 0 Å².